The highest BCUT2D eigenvalue weighted by atomic mass is 19.4. The van der Waals surface area contributed by atoms with Crippen molar-refractivity contribution in [3.63, 3.8) is 0 Å². The van der Waals surface area contributed by atoms with E-state index >= 15 is 0 Å². The SMILES string of the molecule is CC(C)[C@H]1NC(=O)CN(C)C(=O)[C@H](CO)NC(=O)[C@@H]2C[C@H](NC(=O)CCC(F)(F)F)CN2C(=O)[C@H](Cc2ccccc2)NC1=O. The average molecular weight is 641 g/mol. The minimum atomic E-state index is -4.56. The number of carbonyl (C=O) groups is 6. The number of hydrogen-bond acceptors (Lipinski definition) is 7. The van der Waals surface area contributed by atoms with E-state index in [0.29, 0.717) is 5.56 Å². The van der Waals surface area contributed by atoms with Crippen LogP contribution in [0.15, 0.2) is 30.3 Å². The summed E-state index contributed by atoms with van der Waals surface area (Å²) in [6.07, 6.45) is -7.00. The molecule has 45 heavy (non-hydrogen) atoms. The lowest BCUT2D eigenvalue weighted by Gasteiger charge is -2.30. The summed E-state index contributed by atoms with van der Waals surface area (Å²) in [5, 5.41) is 20.0. The van der Waals surface area contributed by atoms with E-state index in [2.05, 4.69) is 21.3 Å². The van der Waals surface area contributed by atoms with Crippen LogP contribution < -0.4 is 21.3 Å². The normalized spacial score (nSPS) is 25.6. The van der Waals surface area contributed by atoms with E-state index in [1.807, 2.05) is 0 Å². The summed E-state index contributed by atoms with van der Waals surface area (Å²) in [7, 11) is 1.27. The van der Waals surface area contributed by atoms with Gasteiger partial charge in [0, 0.05) is 32.5 Å². The number of benzene rings is 1. The van der Waals surface area contributed by atoms with Gasteiger partial charge in [-0.25, -0.2) is 0 Å². The number of amides is 6. The molecule has 5 atom stereocenters. The van der Waals surface area contributed by atoms with Crippen molar-refractivity contribution in [3.05, 3.63) is 35.9 Å². The fourth-order valence-electron chi connectivity index (χ4n) is 5.27. The van der Waals surface area contributed by atoms with E-state index < -0.39 is 104 Å². The highest BCUT2D eigenvalue weighted by Crippen LogP contribution is 2.24. The summed E-state index contributed by atoms with van der Waals surface area (Å²) in [5.74, 6) is -5.18. The number of rotatable bonds is 7. The maximum Gasteiger partial charge on any atom is 0.389 e. The standard InChI is InChI=1S/C29H39F3N6O7/c1-16(2)24-26(43)34-19(11-17-7-5-4-6-8-17)28(45)38-13-18(33-22(40)9-10-29(30,31)32)12-21(38)25(42)35-20(15-39)27(44)37(3)14-23(41)36-24/h4-8,16,18-21,24,39H,9-15H2,1-3H3,(H,33,40)(H,34,43)(H,35,42)(H,36,41)/t18-,19-,20-,21-,24+/m0/s1. The van der Waals surface area contributed by atoms with Crippen LogP contribution in [0.25, 0.3) is 0 Å². The Hall–Kier alpha value is -4.21. The van der Waals surface area contributed by atoms with Crippen LogP contribution in [0.3, 0.4) is 0 Å². The first-order valence-corrected chi connectivity index (χ1v) is 14.6. The maximum absolute atomic E-state index is 14.1. The third-order valence-electron chi connectivity index (χ3n) is 7.60. The van der Waals surface area contributed by atoms with Gasteiger partial charge in [-0.05, 0) is 17.9 Å². The Morgan fingerprint density at radius 2 is 1.64 bits per heavy atom. The van der Waals surface area contributed by atoms with Gasteiger partial charge in [-0.2, -0.15) is 13.2 Å². The molecule has 0 bridgehead atoms. The molecule has 6 amide bonds. The molecule has 0 spiro atoms. The van der Waals surface area contributed by atoms with Crippen LogP contribution in [0.1, 0.15) is 38.7 Å². The first-order chi connectivity index (χ1) is 21.1. The second-order valence-electron chi connectivity index (χ2n) is 11.6. The molecule has 2 fully saturated rings. The zero-order valence-electron chi connectivity index (χ0n) is 25.2. The molecule has 16 heteroatoms. The number of fused-ring (bicyclic) bond motifs is 1. The van der Waals surface area contributed by atoms with Crippen LogP contribution in [0, 0.1) is 5.92 Å². The van der Waals surface area contributed by atoms with Gasteiger partial charge < -0.3 is 36.2 Å². The predicted octanol–water partition coefficient (Wildman–Crippen LogP) is -0.768. The van der Waals surface area contributed by atoms with Gasteiger partial charge in [-0.1, -0.05) is 44.2 Å². The third-order valence-corrected chi connectivity index (χ3v) is 7.60. The van der Waals surface area contributed by atoms with Crippen molar-refractivity contribution in [2.45, 2.75) is 75.9 Å². The molecule has 248 valence electrons. The van der Waals surface area contributed by atoms with Gasteiger partial charge >= 0.3 is 6.18 Å². The molecule has 0 saturated carbocycles. The minimum Gasteiger partial charge on any atom is -0.394 e. The van der Waals surface area contributed by atoms with Crippen LogP contribution in [-0.4, -0.2) is 113 Å². The molecule has 0 radical (unpaired) electrons. The summed E-state index contributed by atoms with van der Waals surface area (Å²) >= 11 is 0. The lowest BCUT2D eigenvalue weighted by Crippen LogP contribution is -2.58. The number of hydrogen-bond donors (Lipinski definition) is 5. The molecule has 2 saturated heterocycles. The van der Waals surface area contributed by atoms with Gasteiger partial charge in [0.25, 0.3) is 0 Å². The van der Waals surface area contributed by atoms with Crippen molar-refractivity contribution in [3.8, 4) is 0 Å². The first-order valence-electron chi connectivity index (χ1n) is 14.6. The van der Waals surface area contributed by atoms with E-state index in [-0.39, 0.29) is 19.4 Å². The Balaban J connectivity index is 2.00. The van der Waals surface area contributed by atoms with Crippen LogP contribution in [0.5, 0.6) is 0 Å². The number of alkyl halides is 3. The molecule has 0 unspecified atom stereocenters. The van der Waals surface area contributed by atoms with Crippen molar-refractivity contribution in [2.24, 2.45) is 5.92 Å². The monoisotopic (exact) mass is 640 g/mol. The van der Waals surface area contributed by atoms with Crippen molar-refractivity contribution in [1.29, 1.82) is 0 Å². The van der Waals surface area contributed by atoms with Gasteiger partial charge in [0.05, 0.1) is 19.6 Å². The molecule has 0 aromatic heterocycles. The number of nitrogens with one attached hydrogen (secondary N) is 4. The molecule has 5 N–H and O–H groups in total. The number of aliphatic hydroxyl groups is 1. The molecule has 2 heterocycles. The van der Waals surface area contributed by atoms with Crippen LogP contribution in [0.2, 0.25) is 0 Å². The fourth-order valence-corrected chi connectivity index (χ4v) is 5.27. The largest absolute Gasteiger partial charge is 0.394 e. The van der Waals surface area contributed by atoms with Gasteiger partial charge in [-0.15, -0.1) is 0 Å². The lowest BCUT2D eigenvalue weighted by atomic mass is 10.0. The zero-order valence-corrected chi connectivity index (χ0v) is 25.2. The zero-order chi connectivity index (χ0) is 33.5. The molecule has 2 aliphatic rings. The van der Waals surface area contributed by atoms with Crippen molar-refractivity contribution in [2.75, 3.05) is 26.7 Å². The van der Waals surface area contributed by atoms with Crippen molar-refractivity contribution in [1.82, 2.24) is 31.1 Å². The number of aliphatic hydroxyl groups excluding tert-OH is 1. The topological polar surface area (TPSA) is 177 Å². The maximum atomic E-state index is 14.1. The Morgan fingerprint density at radius 1 is 1.00 bits per heavy atom. The summed E-state index contributed by atoms with van der Waals surface area (Å²) in [6, 6.07) is 2.55. The van der Waals surface area contributed by atoms with Gasteiger partial charge in [-0.3, -0.25) is 28.8 Å². The summed E-state index contributed by atoms with van der Waals surface area (Å²) in [5.41, 5.74) is 0.656. The Bertz CT molecular complexity index is 1260. The lowest BCUT2D eigenvalue weighted by molar-refractivity contribution is -0.144. The number of nitrogens with zero attached hydrogens (tertiary/aromatic N) is 2. The van der Waals surface area contributed by atoms with Gasteiger partial charge in [0.15, 0.2) is 0 Å². The fraction of sp³-hybridized carbons (Fsp3) is 0.586. The Kier molecular flexibility index (Phi) is 11.9. The molecule has 0 aliphatic carbocycles. The van der Waals surface area contributed by atoms with Crippen LogP contribution in [-0.2, 0) is 35.2 Å². The average Bonchev–Trinajstić information content (AvgIpc) is 3.39. The minimum absolute atomic E-state index is 0.0158. The third kappa shape index (κ3) is 9.89. The van der Waals surface area contributed by atoms with E-state index in [4.69, 9.17) is 0 Å². The molecular formula is C29H39F3N6O7. The van der Waals surface area contributed by atoms with Crippen LogP contribution in [0.4, 0.5) is 13.2 Å². The van der Waals surface area contributed by atoms with E-state index in [9.17, 15) is 47.0 Å². The number of likely N-dealkylation sites (N-methyl/N-ethyl adjacent to an activating group) is 1. The van der Waals surface area contributed by atoms with Crippen molar-refractivity contribution >= 4 is 35.4 Å². The van der Waals surface area contributed by atoms with Crippen molar-refractivity contribution < 1.29 is 47.0 Å². The highest BCUT2D eigenvalue weighted by molar-refractivity contribution is 5.97. The first kappa shape index (κ1) is 35.3. The van der Waals surface area contributed by atoms with E-state index in [0.717, 1.165) is 9.80 Å². The van der Waals surface area contributed by atoms with E-state index in [1.165, 1.54) is 7.05 Å². The van der Waals surface area contributed by atoms with Gasteiger partial charge in [0.2, 0.25) is 35.4 Å². The Labute approximate surface area is 258 Å². The molecule has 13 nitrogen and oxygen atoms in total. The second-order valence-corrected chi connectivity index (χ2v) is 11.6. The number of carbonyl (C=O) groups excluding carboxylic acids is 6. The smallest absolute Gasteiger partial charge is 0.389 e. The highest BCUT2D eigenvalue weighted by Gasteiger charge is 2.44. The van der Waals surface area contributed by atoms with Crippen LogP contribution >= 0.6 is 0 Å². The van der Waals surface area contributed by atoms with E-state index in [1.54, 1.807) is 44.2 Å². The predicted molar refractivity (Wildman–Crippen MR) is 153 cm³/mol. The van der Waals surface area contributed by atoms with Gasteiger partial charge in [0.1, 0.15) is 24.2 Å². The molecule has 1 aromatic rings. The summed E-state index contributed by atoms with van der Waals surface area (Å²) in [4.78, 5) is 81.4. The molecular weight excluding hydrogens is 601 g/mol. The summed E-state index contributed by atoms with van der Waals surface area (Å²) in [6.45, 7) is 1.72. The number of halogens is 3. The summed E-state index contributed by atoms with van der Waals surface area (Å²) < 4.78 is 38.0. The quantitative estimate of drug-likeness (QED) is 0.260. The molecule has 2 aliphatic heterocycles. The Morgan fingerprint density at radius 3 is 2.24 bits per heavy atom. The second kappa shape index (κ2) is 15.2. The molecule has 1 aromatic carbocycles. The molecule has 3 rings (SSSR count).